The zero-order valence-corrected chi connectivity index (χ0v) is 12.3. The lowest BCUT2D eigenvalue weighted by Crippen LogP contribution is -2.44. The number of ether oxygens (including phenoxy) is 1. The van der Waals surface area contributed by atoms with Gasteiger partial charge in [-0.25, -0.2) is 0 Å². The van der Waals surface area contributed by atoms with E-state index in [1.807, 2.05) is 37.3 Å². The summed E-state index contributed by atoms with van der Waals surface area (Å²) in [6.45, 7) is 4.71. The zero-order valence-electron chi connectivity index (χ0n) is 12.3. The molecule has 2 atom stereocenters. The van der Waals surface area contributed by atoms with Crippen molar-refractivity contribution < 1.29 is 9.26 Å². The number of piperazine rings is 1. The van der Waals surface area contributed by atoms with Crippen molar-refractivity contribution in [2.24, 2.45) is 0 Å². The SMILES string of the molecule is CC(Oc1ccccc1)c1nc(C2CNCCN2C)no1. The first kappa shape index (κ1) is 14.0. The second-order valence-corrected chi connectivity index (χ2v) is 5.26. The summed E-state index contributed by atoms with van der Waals surface area (Å²) in [6, 6.07) is 9.79. The van der Waals surface area contributed by atoms with Crippen LogP contribution in [0.2, 0.25) is 0 Å². The zero-order chi connectivity index (χ0) is 14.7. The number of benzene rings is 1. The second kappa shape index (κ2) is 6.24. The molecule has 0 saturated carbocycles. The van der Waals surface area contributed by atoms with Crippen molar-refractivity contribution in [3.8, 4) is 5.75 Å². The summed E-state index contributed by atoms with van der Waals surface area (Å²) in [5, 5.41) is 7.45. The number of para-hydroxylation sites is 1. The highest BCUT2D eigenvalue weighted by Crippen LogP contribution is 2.23. The Labute approximate surface area is 124 Å². The van der Waals surface area contributed by atoms with E-state index >= 15 is 0 Å². The molecular weight excluding hydrogens is 268 g/mol. The van der Waals surface area contributed by atoms with Gasteiger partial charge in [-0.3, -0.25) is 4.90 Å². The predicted molar refractivity (Wildman–Crippen MR) is 78.0 cm³/mol. The number of likely N-dealkylation sites (N-methyl/N-ethyl adjacent to an activating group) is 1. The summed E-state index contributed by atoms with van der Waals surface area (Å²) in [5.74, 6) is 2.01. The molecule has 1 aliphatic rings. The molecule has 2 heterocycles. The standard InChI is InChI=1S/C15H20N4O2/c1-11(20-12-6-4-3-5-7-12)15-17-14(18-21-15)13-10-16-8-9-19(13)2/h3-7,11,13,16H,8-10H2,1-2H3. The largest absolute Gasteiger partial charge is 0.481 e. The number of hydrogen-bond donors (Lipinski definition) is 1. The van der Waals surface area contributed by atoms with Gasteiger partial charge < -0.3 is 14.6 Å². The maximum absolute atomic E-state index is 5.80. The second-order valence-electron chi connectivity index (χ2n) is 5.26. The Hall–Kier alpha value is -1.92. The predicted octanol–water partition coefficient (Wildman–Crippen LogP) is 1.79. The van der Waals surface area contributed by atoms with Crippen LogP contribution in [0.5, 0.6) is 5.75 Å². The summed E-state index contributed by atoms with van der Waals surface area (Å²) < 4.78 is 11.2. The molecule has 112 valence electrons. The summed E-state index contributed by atoms with van der Waals surface area (Å²) >= 11 is 0. The monoisotopic (exact) mass is 288 g/mol. The lowest BCUT2D eigenvalue weighted by atomic mass is 10.2. The molecule has 0 bridgehead atoms. The molecule has 6 heteroatoms. The summed E-state index contributed by atoms with van der Waals surface area (Å²) in [5.41, 5.74) is 0. The smallest absolute Gasteiger partial charge is 0.267 e. The Morgan fingerprint density at radius 1 is 1.38 bits per heavy atom. The van der Waals surface area contributed by atoms with Crippen LogP contribution in [0.4, 0.5) is 0 Å². The van der Waals surface area contributed by atoms with Crippen LogP contribution < -0.4 is 10.1 Å². The Bertz CT molecular complexity index is 572. The molecule has 0 aliphatic carbocycles. The van der Waals surface area contributed by atoms with Gasteiger partial charge in [-0.1, -0.05) is 23.4 Å². The number of aromatic nitrogens is 2. The molecule has 2 unspecified atom stereocenters. The molecule has 1 aromatic carbocycles. The van der Waals surface area contributed by atoms with Crippen LogP contribution >= 0.6 is 0 Å². The fraction of sp³-hybridized carbons (Fsp3) is 0.467. The first-order chi connectivity index (χ1) is 10.2. The molecule has 1 aliphatic heterocycles. The Morgan fingerprint density at radius 3 is 2.95 bits per heavy atom. The molecule has 0 amide bonds. The van der Waals surface area contributed by atoms with E-state index in [0.29, 0.717) is 11.7 Å². The summed E-state index contributed by atoms with van der Waals surface area (Å²) in [7, 11) is 2.07. The number of hydrogen-bond acceptors (Lipinski definition) is 6. The molecule has 1 N–H and O–H groups in total. The molecule has 3 rings (SSSR count). The lowest BCUT2D eigenvalue weighted by molar-refractivity contribution is 0.173. The van der Waals surface area contributed by atoms with Crippen LogP contribution in [0.3, 0.4) is 0 Å². The van der Waals surface area contributed by atoms with E-state index in [1.165, 1.54) is 0 Å². The maximum Gasteiger partial charge on any atom is 0.267 e. The van der Waals surface area contributed by atoms with Gasteiger partial charge >= 0.3 is 0 Å². The lowest BCUT2D eigenvalue weighted by Gasteiger charge is -2.30. The first-order valence-electron chi connectivity index (χ1n) is 7.20. The van der Waals surface area contributed by atoms with E-state index in [4.69, 9.17) is 9.26 Å². The first-order valence-corrected chi connectivity index (χ1v) is 7.20. The highest BCUT2D eigenvalue weighted by molar-refractivity contribution is 5.21. The molecule has 0 radical (unpaired) electrons. The van der Waals surface area contributed by atoms with Gasteiger partial charge in [-0.05, 0) is 26.1 Å². The van der Waals surface area contributed by atoms with Gasteiger partial charge in [0.05, 0.1) is 6.04 Å². The van der Waals surface area contributed by atoms with Crippen LogP contribution in [-0.4, -0.2) is 41.7 Å². The van der Waals surface area contributed by atoms with Crippen molar-refractivity contribution in [2.45, 2.75) is 19.1 Å². The van der Waals surface area contributed by atoms with Crippen molar-refractivity contribution >= 4 is 0 Å². The van der Waals surface area contributed by atoms with Crippen molar-refractivity contribution in [3.05, 3.63) is 42.0 Å². The minimum absolute atomic E-state index is 0.153. The van der Waals surface area contributed by atoms with Crippen LogP contribution in [0, 0.1) is 0 Å². The van der Waals surface area contributed by atoms with Crippen LogP contribution in [0.25, 0.3) is 0 Å². The third-order valence-corrected chi connectivity index (χ3v) is 3.67. The fourth-order valence-electron chi connectivity index (χ4n) is 2.40. The summed E-state index contributed by atoms with van der Waals surface area (Å²) in [4.78, 5) is 6.73. The quantitative estimate of drug-likeness (QED) is 0.925. The summed E-state index contributed by atoms with van der Waals surface area (Å²) in [6.07, 6.45) is -0.268. The molecule has 2 aromatic rings. The van der Waals surface area contributed by atoms with E-state index in [-0.39, 0.29) is 12.1 Å². The topological polar surface area (TPSA) is 63.4 Å². The van der Waals surface area contributed by atoms with Crippen molar-refractivity contribution in [1.82, 2.24) is 20.4 Å². The molecule has 1 fully saturated rings. The number of rotatable bonds is 4. The average molecular weight is 288 g/mol. The van der Waals surface area contributed by atoms with Crippen molar-refractivity contribution in [3.63, 3.8) is 0 Å². The van der Waals surface area contributed by atoms with Gasteiger partial charge in [0.15, 0.2) is 11.9 Å². The Kier molecular flexibility index (Phi) is 4.17. The Morgan fingerprint density at radius 2 is 2.19 bits per heavy atom. The van der Waals surface area contributed by atoms with E-state index in [9.17, 15) is 0 Å². The minimum atomic E-state index is -0.268. The van der Waals surface area contributed by atoms with Crippen LogP contribution in [0.1, 0.15) is 30.8 Å². The van der Waals surface area contributed by atoms with Gasteiger partial charge in [-0.2, -0.15) is 4.98 Å². The van der Waals surface area contributed by atoms with Gasteiger partial charge in [0, 0.05) is 19.6 Å². The maximum atomic E-state index is 5.80. The molecule has 6 nitrogen and oxygen atoms in total. The highest BCUT2D eigenvalue weighted by atomic mass is 16.5. The van der Waals surface area contributed by atoms with Gasteiger partial charge in [0.1, 0.15) is 5.75 Å². The van der Waals surface area contributed by atoms with E-state index in [2.05, 4.69) is 27.4 Å². The van der Waals surface area contributed by atoms with E-state index in [1.54, 1.807) is 0 Å². The van der Waals surface area contributed by atoms with Gasteiger partial charge in [-0.15, -0.1) is 0 Å². The average Bonchev–Trinajstić information content (AvgIpc) is 2.98. The minimum Gasteiger partial charge on any atom is -0.481 e. The fourth-order valence-corrected chi connectivity index (χ4v) is 2.40. The van der Waals surface area contributed by atoms with E-state index in [0.717, 1.165) is 25.4 Å². The van der Waals surface area contributed by atoms with Crippen molar-refractivity contribution in [1.29, 1.82) is 0 Å². The van der Waals surface area contributed by atoms with Crippen LogP contribution in [-0.2, 0) is 0 Å². The molecule has 21 heavy (non-hydrogen) atoms. The molecule has 1 aromatic heterocycles. The molecule has 0 spiro atoms. The van der Waals surface area contributed by atoms with Crippen molar-refractivity contribution in [2.75, 3.05) is 26.7 Å². The third kappa shape index (κ3) is 3.22. The number of nitrogens with one attached hydrogen (secondary N) is 1. The molecule has 1 saturated heterocycles. The Balaban J connectivity index is 1.69. The highest BCUT2D eigenvalue weighted by Gasteiger charge is 2.26. The molecular formula is C15H20N4O2. The number of nitrogens with zero attached hydrogens (tertiary/aromatic N) is 3. The third-order valence-electron chi connectivity index (χ3n) is 3.67. The van der Waals surface area contributed by atoms with Crippen LogP contribution in [0.15, 0.2) is 34.9 Å². The normalized spacial score (nSPS) is 21.1. The van der Waals surface area contributed by atoms with Gasteiger partial charge in [0.25, 0.3) is 5.89 Å². The van der Waals surface area contributed by atoms with E-state index < -0.39 is 0 Å². The van der Waals surface area contributed by atoms with Gasteiger partial charge in [0.2, 0.25) is 0 Å².